The molecule has 0 spiro atoms. The molecule has 1 fully saturated rings. The first-order valence-electron chi connectivity index (χ1n) is 5.58. The molecule has 0 aliphatic heterocycles. The van der Waals surface area contributed by atoms with Crippen molar-refractivity contribution >= 4 is 5.97 Å². The lowest BCUT2D eigenvalue weighted by atomic mass is 9.69. The van der Waals surface area contributed by atoms with Crippen LogP contribution in [0.2, 0.25) is 0 Å². The Hall–Kier alpha value is -0.570. The molecule has 0 unspecified atom stereocenters. The Labute approximate surface area is 85.7 Å². The van der Waals surface area contributed by atoms with Gasteiger partial charge in [-0.15, -0.1) is 0 Å². The molecule has 0 aromatic carbocycles. The number of hydrogen-bond acceptors (Lipinski definition) is 2. The predicted molar refractivity (Wildman–Crippen MR) is 56.0 cm³/mol. The first-order valence-corrected chi connectivity index (χ1v) is 5.58. The fraction of sp³-hybridized carbons (Fsp3) is 0.909. The molecule has 1 aliphatic rings. The van der Waals surface area contributed by atoms with Gasteiger partial charge in [-0.1, -0.05) is 19.8 Å². The Kier molecular flexibility index (Phi) is 3.93. The average Bonchev–Trinajstić information content (AvgIpc) is 2.19. The maximum absolute atomic E-state index is 11.1. The molecular weight excluding hydrogens is 178 g/mol. The van der Waals surface area contributed by atoms with E-state index in [9.17, 15) is 4.79 Å². The minimum absolute atomic E-state index is 0.293. The van der Waals surface area contributed by atoms with E-state index in [1.807, 2.05) is 0 Å². The maximum atomic E-state index is 11.1. The molecule has 3 nitrogen and oxygen atoms in total. The molecule has 1 aliphatic carbocycles. The second kappa shape index (κ2) is 4.78. The molecule has 0 aromatic heterocycles. The van der Waals surface area contributed by atoms with Crippen LogP contribution in [0, 0.1) is 11.3 Å². The minimum atomic E-state index is -0.699. The third kappa shape index (κ3) is 2.27. The van der Waals surface area contributed by atoms with Gasteiger partial charge in [-0.25, -0.2) is 0 Å². The number of carboxylic acids is 1. The number of carboxylic acid groups (broad SMARTS) is 1. The van der Waals surface area contributed by atoms with Crippen LogP contribution in [0.1, 0.15) is 45.4 Å². The van der Waals surface area contributed by atoms with Crippen LogP contribution in [-0.2, 0) is 4.79 Å². The average molecular weight is 199 g/mol. The lowest BCUT2D eigenvalue weighted by molar-refractivity contribution is -0.150. The Morgan fingerprint density at radius 3 is 2.43 bits per heavy atom. The van der Waals surface area contributed by atoms with Gasteiger partial charge in [-0.3, -0.25) is 4.79 Å². The Balaban J connectivity index is 2.50. The van der Waals surface area contributed by atoms with E-state index in [-0.39, 0.29) is 0 Å². The molecule has 0 atom stereocenters. The number of aliphatic carboxylic acids is 1. The number of hydrogen-bond donors (Lipinski definition) is 2. The molecule has 0 bridgehead atoms. The van der Waals surface area contributed by atoms with E-state index in [1.165, 1.54) is 12.8 Å². The zero-order valence-corrected chi connectivity index (χ0v) is 8.96. The van der Waals surface area contributed by atoms with E-state index in [1.54, 1.807) is 0 Å². The zero-order chi connectivity index (χ0) is 10.6. The normalized spacial score (nSPS) is 32.9. The van der Waals surface area contributed by atoms with Crippen molar-refractivity contribution in [2.45, 2.75) is 45.4 Å². The number of rotatable bonds is 4. The summed E-state index contributed by atoms with van der Waals surface area (Å²) in [6.07, 6.45) is 6.05. The summed E-state index contributed by atoms with van der Waals surface area (Å²) in [4.78, 5) is 11.1. The van der Waals surface area contributed by atoms with Crippen molar-refractivity contribution in [2.75, 3.05) is 6.54 Å². The largest absolute Gasteiger partial charge is 0.481 e. The van der Waals surface area contributed by atoms with Crippen molar-refractivity contribution in [2.24, 2.45) is 17.1 Å². The SMILES string of the molecule is CCCC1CCC(CN)(C(=O)O)CC1. The summed E-state index contributed by atoms with van der Waals surface area (Å²) in [6.45, 7) is 2.48. The molecule has 82 valence electrons. The molecule has 0 saturated heterocycles. The highest BCUT2D eigenvalue weighted by molar-refractivity contribution is 5.75. The van der Waals surface area contributed by atoms with Crippen LogP contribution < -0.4 is 5.73 Å². The topological polar surface area (TPSA) is 63.3 Å². The van der Waals surface area contributed by atoms with Crippen molar-refractivity contribution in [1.82, 2.24) is 0 Å². The van der Waals surface area contributed by atoms with Crippen LogP contribution in [0.3, 0.4) is 0 Å². The van der Waals surface area contributed by atoms with Gasteiger partial charge in [0.05, 0.1) is 5.41 Å². The highest BCUT2D eigenvalue weighted by atomic mass is 16.4. The predicted octanol–water partition coefficient (Wildman–Crippen LogP) is 2.01. The fourth-order valence-corrected chi connectivity index (χ4v) is 2.43. The van der Waals surface area contributed by atoms with E-state index >= 15 is 0 Å². The summed E-state index contributed by atoms with van der Waals surface area (Å²) in [5, 5.41) is 9.12. The molecule has 1 saturated carbocycles. The highest BCUT2D eigenvalue weighted by Gasteiger charge is 2.40. The van der Waals surface area contributed by atoms with Crippen LogP contribution in [-0.4, -0.2) is 17.6 Å². The third-order valence-electron chi connectivity index (χ3n) is 3.60. The Morgan fingerprint density at radius 2 is 2.07 bits per heavy atom. The van der Waals surface area contributed by atoms with Crippen molar-refractivity contribution in [3.05, 3.63) is 0 Å². The van der Waals surface area contributed by atoms with Crippen molar-refractivity contribution in [3.63, 3.8) is 0 Å². The molecular formula is C11H21NO2. The molecule has 0 aromatic rings. The van der Waals surface area contributed by atoms with E-state index in [2.05, 4.69) is 6.92 Å². The molecule has 1 rings (SSSR count). The quantitative estimate of drug-likeness (QED) is 0.728. The van der Waals surface area contributed by atoms with Gasteiger partial charge < -0.3 is 10.8 Å². The van der Waals surface area contributed by atoms with Crippen LogP contribution in [0.15, 0.2) is 0 Å². The first kappa shape index (κ1) is 11.5. The second-order valence-corrected chi connectivity index (χ2v) is 4.52. The summed E-state index contributed by atoms with van der Waals surface area (Å²) in [7, 11) is 0. The van der Waals surface area contributed by atoms with Crippen molar-refractivity contribution < 1.29 is 9.90 Å². The Bertz CT molecular complexity index is 195. The van der Waals surface area contributed by atoms with E-state index < -0.39 is 11.4 Å². The summed E-state index contributed by atoms with van der Waals surface area (Å²) >= 11 is 0. The fourth-order valence-electron chi connectivity index (χ4n) is 2.43. The van der Waals surface area contributed by atoms with Crippen molar-refractivity contribution in [1.29, 1.82) is 0 Å². The third-order valence-corrected chi connectivity index (χ3v) is 3.60. The number of carbonyl (C=O) groups is 1. The van der Waals surface area contributed by atoms with Gasteiger partial charge >= 0.3 is 5.97 Å². The van der Waals surface area contributed by atoms with Gasteiger partial charge in [0, 0.05) is 6.54 Å². The summed E-state index contributed by atoms with van der Waals surface area (Å²) in [6, 6.07) is 0. The lowest BCUT2D eigenvalue weighted by Crippen LogP contribution is -2.41. The molecule has 14 heavy (non-hydrogen) atoms. The first-order chi connectivity index (χ1) is 6.64. The summed E-state index contributed by atoms with van der Waals surface area (Å²) in [5.74, 6) is 0.0361. The van der Waals surface area contributed by atoms with Crippen LogP contribution in [0.25, 0.3) is 0 Å². The standard InChI is InChI=1S/C11H21NO2/c1-2-3-9-4-6-11(8-12,7-5-9)10(13)14/h9H,2-8,12H2,1H3,(H,13,14). The second-order valence-electron chi connectivity index (χ2n) is 4.52. The van der Waals surface area contributed by atoms with Gasteiger partial charge in [-0.2, -0.15) is 0 Å². The van der Waals surface area contributed by atoms with Gasteiger partial charge in [0.25, 0.3) is 0 Å². The van der Waals surface area contributed by atoms with Crippen LogP contribution >= 0.6 is 0 Å². The minimum Gasteiger partial charge on any atom is -0.481 e. The van der Waals surface area contributed by atoms with Crippen molar-refractivity contribution in [3.8, 4) is 0 Å². The van der Waals surface area contributed by atoms with Gasteiger partial charge in [0.15, 0.2) is 0 Å². The smallest absolute Gasteiger partial charge is 0.310 e. The van der Waals surface area contributed by atoms with Crippen LogP contribution in [0.4, 0.5) is 0 Å². The zero-order valence-electron chi connectivity index (χ0n) is 8.96. The monoisotopic (exact) mass is 199 g/mol. The van der Waals surface area contributed by atoms with Crippen LogP contribution in [0.5, 0.6) is 0 Å². The van der Waals surface area contributed by atoms with E-state index in [0.717, 1.165) is 31.6 Å². The van der Waals surface area contributed by atoms with Gasteiger partial charge in [0.2, 0.25) is 0 Å². The molecule has 0 radical (unpaired) electrons. The molecule has 3 N–H and O–H groups in total. The molecule has 0 amide bonds. The van der Waals surface area contributed by atoms with E-state index in [0.29, 0.717) is 6.54 Å². The molecule has 3 heteroatoms. The highest BCUT2D eigenvalue weighted by Crippen LogP contribution is 2.39. The molecule has 0 heterocycles. The summed E-state index contributed by atoms with van der Waals surface area (Å²) in [5.41, 5.74) is 4.97. The maximum Gasteiger partial charge on any atom is 0.310 e. The summed E-state index contributed by atoms with van der Waals surface area (Å²) < 4.78 is 0. The van der Waals surface area contributed by atoms with E-state index in [4.69, 9.17) is 10.8 Å². The lowest BCUT2D eigenvalue weighted by Gasteiger charge is -2.35. The van der Waals surface area contributed by atoms with Gasteiger partial charge in [0.1, 0.15) is 0 Å². The van der Waals surface area contributed by atoms with Gasteiger partial charge in [-0.05, 0) is 31.6 Å². The Morgan fingerprint density at radius 1 is 1.50 bits per heavy atom. The number of nitrogens with two attached hydrogens (primary N) is 1.